The third-order valence-electron chi connectivity index (χ3n) is 3.35. The van der Waals surface area contributed by atoms with E-state index in [0.29, 0.717) is 6.42 Å². The molecule has 0 bridgehead atoms. The Labute approximate surface area is 104 Å². The van der Waals surface area contributed by atoms with E-state index in [9.17, 15) is 9.59 Å². The topological polar surface area (TPSA) is 66.4 Å². The first kappa shape index (κ1) is 15.9. The van der Waals surface area contributed by atoms with Gasteiger partial charge in [0.15, 0.2) is 0 Å². The molecule has 0 fully saturated rings. The maximum absolute atomic E-state index is 12.0. The number of amides is 1. The predicted molar refractivity (Wildman–Crippen MR) is 67.8 cm³/mol. The van der Waals surface area contributed by atoms with Crippen molar-refractivity contribution in [2.75, 3.05) is 0 Å². The van der Waals surface area contributed by atoms with Crippen LogP contribution in [0.15, 0.2) is 0 Å². The number of carboxylic acid groups (broad SMARTS) is 1. The van der Waals surface area contributed by atoms with Gasteiger partial charge in [-0.1, -0.05) is 33.6 Å². The van der Waals surface area contributed by atoms with Gasteiger partial charge in [0.2, 0.25) is 5.91 Å². The van der Waals surface area contributed by atoms with Crippen molar-refractivity contribution in [1.82, 2.24) is 5.32 Å². The van der Waals surface area contributed by atoms with Gasteiger partial charge in [-0.05, 0) is 26.2 Å². The Hall–Kier alpha value is -1.06. The van der Waals surface area contributed by atoms with Crippen molar-refractivity contribution in [1.29, 1.82) is 0 Å². The molecule has 2 N–H and O–H groups in total. The molecule has 0 spiro atoms. The third kappa shape index (κ3) is 4.75. The molecule has 4 nitrogen and oxygen atoms in total. The van der Waals surface area contributed by atoms with Crippen LogP contribution in [0.4, 0.5) is 0 Å². The lowest BCUT2D eigenvalue weighted by Gasteiger charge is -2.27. The van der Waals surface area contributed by atoms with Crippen molar-refractivity contribution in [2.45, 2.75) is 65.3 Å². The smallest absolute Gasteiger partial charge is 0.329 e. The molecule has 100 valence electrons. The molecule has 0 aromatic heterocycles. The number of hydrogen-bond acceptors (Lipinski definition) is 2. The van der Waals surface area contributed by atoms with Crippen molar-refractivity contribution in [2.24, 2.45) is 5.92 Å². The predicted octanol–water partition coefficient (Wildman–Crippen LogP) is 2.57. The largest absolute Gasteiger partial charge is 0.480 e. The van der Waals surface area contributed by atoms with Crippen molar-refractivity contribution >= 4 is 11.9 Å². The van der Waals surface area contributed by atoms with Crippen LogP contribution < -0.4 is 5.32 Å². The second kappa shape index (κ2) is 7.30. The summed E-state index contributed by atoms with van der Waals surface area (Å²) in [5.74, 6) is -1.17. The maximum atomic E-state index is 12.0. The monoisotopic (exact) mass is 243 g/mol. The zero-order valence-corrected chi connectivity index (χ0v) is 11.4. The van der Waals surface area contributed by atoms with E-state index in [1.54, 1.807) is 13.8 Å². The number of rotatable bonds is 8. The Kier molecular flexibility index (Phi) is 6.85. The van der Waals surface area contributed by atoms with Gasteiger partial charge in [0, 0.05) is 5.92 Å². The van der Waals surface area contributed by atoms with Crippen molar-refractivity contribution in [3.05, 3.63) is 0 Å². The molecule has 0 aliphatic carbocycles. The molecule has 0 rings (SSSR count). The fourth-order valence-electron chi connectivity index (χ4n) is 1.64. The number of unbranched alkanes of at least 4 members (excludes halogenated alkanes) is 1. The number of aliphatic carboxylic acids is 1. The highest BCUT2D eigenvalue weighted by atomic mass is 16.4. The Morgan fingerprint density at radius 3 is 2.24 bits per heavy atom. The molecule has 17 heavy (non-hydrogen) atoms. The first-order chi connectivity index (χ1) is 7.91. The standard InChI is InChI=1S/C13H25NO3/c1-5-8-9-10(6-2)11(15)14-13(4,7-3)12(16)17/h10H,5-9H2,1-4H3,(H,14,15)(H,16,17). The Morgan fingerprint density at radius 1 is 1.29 bits per heavy atom. The summed E-state index contributed by atoms with van der Waals surface area (Å²) in [6.07, 6.45) is 4.03. The Morgan fingerprint density at radius 2 is 1.88 bits per heavy atom. The highest BCUT2D eigenvalue weighted by molar-refractivity contribution is 5.87. The lowest BCUT2D eigenvalue weighted by molar-refractivity contribution is -0.147. The van der Waals surface area contributed by atoms with Crippen LogP contribution in [0.1, 0.15) is 59.8 Å². The van der Waals surface area contributed by atoms with E-state index < -0.39 is 11.5 Å². The molecule has 2 atom stereocenters. The van der Waals surface area contributed by atoms with E-state index in [4.69, 9.17) is 5.11 Å². The van der Waals surface area contributed by atoms with E-state index >= 15 is 0 Å². The first-order valence-electron chi connectivity index (χ1n) is 6.46. The minimum Gasteiger partial charge on any atom is -0.480 e. The van der Waals surface area contributed by atoms with Crippen LogP contribution in [0, 0.1) is 5.92 Å². The van der Waals surface area contributed by atoms with Gasteiger partial charge in [0.05, 0.1) is 0 Å². The molecule has 0 heterocycles. The maximum Gasteiger partial charge on any atom is 0.329 e. The van der Waals surface area contributed by atoms with E-state index in [0.717, 1.165) is 25.7 Å². The normalized spacial score (nSPS) is 16.0. The summed E-state index contributed by atoms with van der Waals surface area (Å²) < 4.78 is 0. The van der Waals surface area contributed by atoms with Gasteiger partial charge >= 0.3 is 5.97 Å². The van der Waals surface area contributed by atoms with Gasteiger partial charge in [0.1, 0.15) is 5.54 Å². The molecule has 0 saturated carbocycles. The van der Waals surface area contributed by atoms with Crippen LogP contribution in [0.25, 0.3) is 0 Å². The number of carbonyl (C=O) groups is 2. The van der Waals surface area contributed by atoms with Gasteiger partial charge in [-0.25, -0.2) is 4.79 Å². The van der Waals surface area contributed by atoms with Gasteiger partial charge in [-0.15, -0.1) is 0 Å². The summed E-state index contributed by atoms with van der Waals surface area (Å²) in [6, 6.07) is 0. The van der Waals surface area contributed by atoms with E-state index in [1.165, 1.54) is 0 Å². The second-order valence-corrected chi connectivity index (χ2v) is 4.73. The summed E-state index contributed by atoms with van der Waals surface area (Å²) in [5, 5.41) is 11.8. The molecule has 0 saturated heterocycles. The Bertz CT molecular complexity index is 265. The van der Waals surface area contributed by atoms with Crippen LogP contribution in [0.3, 0.4) is 0 Å². The highest BCUT2D eigenvalue weighted by Gasteiger charge is 2.34. The zero-order valence-electron chi connectivity index (χ0n) is 11.4. The number of hydrogen-bond donors (Lipinski definition) is 2. The third-order valence-corrected chi connectivity index (χ3v) is 3.35. The average molecular weight is 243 g/mol. The number of carbonyl (C=O) groups excluding carboxylic acids is 1. The fraction of sp³-hybridized carbons (Fsp3) is 0.846. The summed E-state index contributed by atoms with van der Waals surface area (Å²) in [7, 11) is 0. The molecule has 2 unspecified atom stereocenters. The van der Waals surface area contributed by atoms with Crippen LogP contribution in [-0.4, -0.2) is 22.5 Å². The van der Waals surface area contributed by atoms with Crippen LogP contribution >= 0.6 is 0 Å². The molecule has 0 aromatic carbocycles. The number of carboxylic acids is 1. The van der Waals surface area contributed by atoms with Gasteiger partial charge < -0.3 is 10.4 Å². The highest BCUT2D eigenvalue weighted by Crippen LogP contribution is 2.16. The minimum atomic E-state index is -1.14. The number of nitrogens with one attached hydrogen (secondary N) is 1. The lowest BCUT2D eigenvalue weighted by atomic mass is 9.94. The quantitative estimate of drug-likeness (QED) is 0.688. The van der Waals surface area contributed by atoms with Gasteiger partial charge in [0.25, 0.3) is 0 Å². The molecule has 4 heteroatoms. The van der Waals surface area contributed by atoms with Crippen molar-refractivity contribution < 1.29 is 14.7 Å². The lowest BCUT2D eigenvalue weighted by Crippen LogP contribution is -2.53. The van der Waals surface area contributed by atoms with E-state index in [1.807, 2.05) is 6.92 Å². The van der Waals surface area contributed by atoms with Crippen LogP contribution in [0.5, 0.6) is 0 Å². The summed E-state index contributed by atoms with van der Waals surface area (Å²) >= 11 is 0. The molecule has 0 aromatic rings. The van der Waals surface area contributed by atoms with Crippen molar-refractivity contribution in [3.63, 3.8) is 0 Å². The van der Waals surface area contributed by atoms with Gasteiger partial charge in [-0.2, -0.15) is 0 Å². The molecular formula is C13H25NO3. The van der Waals surface area contributed by atoms with Crippen LogP contribution in [0.2, 0.25) is 0 Å². The SMILES string of the molecule is CCCCC(CC)C(=O)NC(C)(CC)C(=O)O. The summed E-state index contributed by atoms with van der Waals surface area (Å²) in [6.45, 7) is 7.36. The van der Waals surface area contributed by atoms with Crippen molar-refractivity contribution in [3.8, 4) is 0 Å². The average Bonchev–Trinajstić information content (AvgIpc) is 2.29. The summed E-state index contributed by atoms with van der Waals surface area (Å²) in [4.78, 5) is 23.1. The molecule has 0 aliphatic rings. The molecule has 1 amide bonds. The second-order valence-electron chi connectivity index (χ2n) is 4.73. The zero-order chi connectivity index (χ0) is 13.5. The van der Waals surface area contributed by atoms with Crippen LogP contribution in [-0.2, 0) is 9.59 Å². The van der Waals surface area contributed by atoms with E-state index in [2.05, 4.69) is 12.2 Å². The minimum absolute atomic E-state index is 0.0693. The first-order valence-corrected chi connectivity index (χ1v) is 6.46. The molecule has 0 radical (unpaired) electrons. The van der Waals surface area contributed by atoms with Gasteiger partial charge in [-0.3, -0.25) is 4.79 Å². The van der Waals surface area contributed by atoms with E-state index in [-0.39, 0.29) is 11.8 Å². The Balaban J connectivity index is 4.53. The molecular weight excluding hydrogens is 218 g/mol. The fourth-order valence-corrected chi connectivity index (χ4v) is 1.64. The molecule has 0 aliphatic heterocycles. The summed E-state index contributed by atoms with van der Waals surface area (Å²) in [5.41, 5.74) is -1.14.